The number of hydrogen-bond acceptors (Lipinski definition) is 11. The Morgan fingerprint density at radius 2 is 1.59 bits per heavy atom. The Bertz CT molecular complexity index is 1410. The molecule has 0 bridgehead atoms. The Hall–Kier alpha value is -1.96. The summed E-state index contributed by atoms with van der Waals surface area (Å²) >= 11 is 5.04. The highest BCUT2D eigenvalue weighted by atomic mass is 32.2. The molecule has 0 fully saturated rings. The number of nitrogens with zero attached hydrogens (tertiary/aromatic N) is 2. The van der Waals surface area contributed by atoms with Crippen molar-refractivity contribution in [1.82, 2.24) is 9.97 Å². The van der Waals surface area contributed by atoms with Crippen LogP contribution < -0.4 is 0 Å². The van der Waals surface area contributed by atoms with Gasteiger partial charge >= 0.3 is 13.8 Å². The van der Waals surface area contributed by atoms with Gasteiger partial charge in [-0.2, -0.15) is 0 Å². The number of esters is 1. The zero-order valence-corrected chi connectivity index (χ0v) is 21.1. The van der Waals surface area contributed by atoms with Gasteiger partial charge in [0.05, 0.1) is 25.3 Å². The molecule has 0 radical (unpaired) electrons. The van der Waals surface area contributed by atoms with Crippen LogP contribution in [-0.2, 0) is 18.6 Å². The molecule has 34 heavy (non-hydrogen) atoms. The first kappa shape index (κ1) is 23.8. The van der Waals surface area contributed by atoms with Crippen LogP contribution in [0.25, 0.3) is 20.4 Å². The zero-order chi connectivity index (χ0) is 23.9. The monoisotopic (exact) mass is 554 g/mol. The number of rotatable bonds is 8. The number of thioether (sulfide) groups is 2. The molecule has 5 rings (SSSR count). The van der Waals surface area contributed by atoms with Crippen molar-refractivity contribution >= 4 is 80.4 Å². The number of hydrogen-bond donors (Lipinski definition) is 3. The Labute approximate surface area is 209 Å². The first-order chi connectivity index (χ1) is 16.2. The fourth-order valence-corrected chi connectivity index (χ4v) is 8.11. The van der Waals surface area contributed by atoms with Gasteiger partial charge in [-0.3, -0.25) is 4.52 Å². The van der Waals surface area contributed by atoms with E-state index in [2.05, 4.69) is 9.97 Å². The first-order valence-electron chi connectivity index (χ1n) is 9.61. The second kappa shape index (κ2) is 9.25. The van der Waals surface area contributed by atoms with E-state index in [0.717, 1.165) is 32.2 Å². The number of phosphoric acid groups is 1. The number of aromatic nitrogens is 2. The zero-order valence-electron chi connectivity index (χ0n) is 17.0. The van der Waals surface area contributed by atoms with E-state index in [4.69, 9.17) is 9.26 Å². The van der Waals surface area contributed by atoms with E-state index in [9.17, 15) is 24.3 Å². The Balaban J connectivity index is 1.48. The number of cyclic esters (lactones) is 1. The standard InChI is InChI=1S/C20H15N2O7PS4/c23-15-16(34-19-22-12-6-2-4-8-14(12)33-19)20(29-17(15)24,9-28-30(25,26)27)10-31-18-21-11-5-1-3-7-13(11)32-18/h1-8,23H,9-10H2,(H2,25,26,27). The molecule has 1 atom stereocenters. The van der Waals surface area contributed by atoms with E-state index >= 15 is 0 Å². The number of fused-ring (bicyclic) bond motifs is 2. The lowest BCUT2D eigenvalue weighted by Gasteiger charge is -2.28. The predicted molar refractivity (Wildman–Crippen MR) is 132 cm³/mol. The van der Waals surface area contributed by atoms with Gasteiger partial charge < -0.3 is 19.6 Å². The van der Waals surface area contributed by atoms with Crippen molar-refractivity contribution in [1.29, 1.82) is 0 Å². The van der Waals surface area contributed by atoms with Crippen LogP contribution in [0.4, 0.5) is 0 Å². The minimum absolute atomic E-state index is 0.00977. The molecule has 1 aliphatic rings. The normalized spacial score (nSPS) is 18.8. The van der Waals surface area contributed by atoms with Gasteiger partial charge in [-0.05, 0) is 24.3 Å². The molecule has 3 N–H and O–H groups in total. The number of ether oxygens (including phenoxy) is 1. The molecule has 2 aromatic carbocycles. The van der Waals surface area contributed by atoms with Crippen molar-refractivity contribution in [3.05, 3.63) is 59.2 Å². The van der Waals surface area contributed by atoms with Crippen LogP contribution in [0.3, 0.4) is 0 Å². The van der Waals surface area contributed by atoms with Crippen molar-refractivity contribution < 1.29 is 33.5 Å². The van der Waals surface area contributed by atoms with E-state index in [1.165, 1.54) is 34.4 Å². The summed E-state index contributed by atoms with van der Waals surface area (Å²) in [6.07, 6.45) is 0. The molecule has 4 aromatic rings. The van der Waals surface area contributed by atoms with Crippen LogP contribution >= 0.6 is 54.0 Å². The number of aliphatic hydroxyl groups excluding tert-OH is 1. The minimum Gasteiger partial charge on any atom is -0.501 e. The lowest BCUT2D eigenvalue weighted by Crippen LogP contribution is -2.39. The largest absolute Gasteiger partial charge is 0.501 e. The fraction of sp³-hybridized carbons (Fsp3) is 0.150. The second-order valence-corrected chi connectivity index (χ2v) is 12.9. The predicted octanol–water partition coefficient (Wildman–Crippen LogP) is 4.96. The summed E-state index contributed by atoms with van der Waals surface area (Å²) in [5.74, 6) is -1.62. The molecule has 1 aliphatic heterocycles. The minimum atomic E-state index is -4.89. The van der Waals surface area contributed by atoms with E-state index in [1.54, 1.807) is 0 Å². The van der Waals surface area contributed by atoms with Crippen LogP contribution in [0.15, 0.2) is 67.9 Å². The lowest BCUT2D eigenvalue weighted by atomic mass is 10.1. The molecule has 3 heterocycles. The number of carbonyl (C=O) groups is 1. The Morgan fingerprint density at radius 1 is 1.00 bits per heavy atom. The van der Waals surface area contributed by atoms with Crippen LogP contribution in [-0.4, -0.2) is 48.8 Å². The van der Waals surface area contributed by atoms with Gasteiger partial charge in [0, 0.05) is 5.75 Å². The van der Waals surface area contributed by atoms with Crippen LogP contribution in [0.5, 0.6) is 0 Å². The quantitative estimate of drug-likeness (QED) is 0.155. The summed E-state index contributed by atoms with van der Waals surface area (Å²) in [6.45, 7) is -0.655. The van der Waals surface area contributed by atoms with E-state index < -0.39 is 31.8 Å². The van der Waals surface area contributed by atoms with Crippen molar-refractivity contribution in [2.24, 2.45) is 0 Å². The average molecular weight is 555 g/mol. The van der Waals surface area contributed by atoms with Crippen molar-refractivity contribution in [3.63, 3.8) is 0 Å². The van der Waals surface area contributed by atoms with E-state index in [1.807, 2.05) is 48.5 Å². The molecule has 9 nitrogen and oxygen atoms in total. The van der Waals surface area contributed by atoms with Gasteiger partial charge in [0.2, 0.25) is 5.76 Å². The van der Waals surface area contributed by atoms with Gasteiger partial charge in [0.15, 0.2) is 14.3 Å². The molecular formula is C20H15N2O7PS4. The number of carbonyl (C=O) groups excluding carboxylic acids is 1. The van der Waals surface area contributed by atoms with Crippen LogP contribution in [0.2, 0.25) is 0 Å². The summed E-state index contributed by atoms with van der Waals surface area (Å²) in [6, 6.07) is 15.0. The van der Waals surface area contributed by atoms with Crippen molar-refractivity contribution in [2.45, 2.75) is 14.3 Å². The summed E-state index contributed by atoms with van der Waals surface area (Å²) in [7, 11) is -4.89. The summed E-state index contributed by atoms with van der Waals surface area (Å²) in [5, 5.41) is 10.6. The molecular weight excluding hydrogens is 539 g/mol. The lowest BCUT2D eigenvalue weighted by molar-refractivity contribution is -0.149. The highest BCUT2D eigenvalue weighted by Gasteiger charge is 2.51. The average Bonchev–Trinajstić information content (AvgIpc) is 3.46. The maximum atomic E-state index is 12.4. The summed E-state index contributed by atoms with van der Waals surface area (Å²) < 4.78 is 24.8. The molecule has 0 saturated heterocycles. The first-order valence-corrected chi connectivity index (χ1v) is 14.6. The summed E-state index contributed by atoms with van der Waals surface area (Å²) in [5.41, 5.74) is -0.0875. The molecule has 2 aromatic heterocycles. The Kier molecular flexibility index (Phi) is 6.46. The molecule has 14 heteroatoms. The van der Waals surface area contributed by atoms with Gasteiger partial charge in [0.1, 0.15) is 6.61 Å². The third-order valence-corrected chi connectivity index (χ3v) is 9.96. The van der Waals surface area contributed by atoms with E-state index in [0.29, 0.717) is 8.68 Å². The SMILES string of the molecule is O=C1OC(COP(=O)(O)O)(CSc2nc3ccccc3s2)C(Sc2nc3ccccc3s2)=C1O. The summed E-state index contributed by atoms with van der Waals surface area (Å²) in [4.78, 5) is 40.2. The van der Waals surface area contributed by atoms with Crippen molar-refractivity contribution in [3.8, 4) is 0 Å². The molecule has 0 amide bonds. The number of benzene rings is 2. The third-order valence-electron chi connectivity index (χ3n) is 4.74. The second-order valence-electron chi connectivity index (χ2n) is 7.11. The van der Waals surface area contributed by atoms with Crippen molar-refractivity contribution in [2.75, 3.05) is 12.4 Å². The smallest absolute Gasteiger partial charge is 0.469 e. The fourth-order valence-electron chi connectivity index (χ4n) is 3.22. The van der Waals surface area contributed by atoms with Gasteiger partial charge in [-0.15, -0.1) is 22.7 Å². The molecule has 176 valence electrons. The van der Waals surface area contributed by atoms with Gasteiger partial charge in [-0.1, -0.05) is 47.8 Å². The number of thiazole rings is 2. The van der Waals surface area contributed by atoms with Crippen LogP contribution in [0, 0.1) is 0 Å². The van der Waals surface area contributed by atoms with E-state index in [-0.39, 0.29) is 10.7 Å². The van der Waals surface area contributed by atoms with Gasteiger partial charge in [-0.25, -0.2) is 19.3 Å². The third kappa shape index (κ3) is 4.88. The maximum Gasteiger partial charge on any atom is 0.469 e. The molecule has 0 spiro atoms. The number of para-hydroxylation sites is 2. The highest BCUT2D eigenvalue weighted by Crippen LogP contribution is 2.49. The van der Waals surface area contributed by atoms with Crippen LogP contribution in [0.1, 0.15) is 0 Å². The van der Waals surface area contributed by atoms with Gasteiger partial charge in [0.25, 0.3) is 0 Å². The Morgan fingerprint density at radius 3 is 2.21 bits per heavy atom. The molecule has 0 aliphatic carbocycles. The topological polar surface area (TPSA) is 139 Å². The molecule has 0 saturated carbocycles. The number of aliphatic hydroxyl groups is 1. The number of phosphoric ester groups is 1. The highest BCUT2D eigenvalue weighted by molar-refractivity contribution is 8.05. The molecule has 1 unspecified atom stereocenters. The maximum absolute atomic E-state index is 12.4.